The van der Waals surface area contributed by atoms with Gasteiger partial charge in [-0.05, 0) is 68.4 Å². The number of hydrogen-bond acceptors (Lipinski definition) is 5. The van der Waals surface area contributed by atoms with Crippen LogP contribution >= 0.6 is 0 Å². The average Bonchev–Trinajstić information content (AvgIpc) is 3.36. The molecule has 0 unspecified atom stereocenters. The molecule has 0 atom stereocenters. The van der Waals surface area contributed by atoms with Crippen LogP contribution in [0.15, 0.2) is 91.0 Å². The second-order valence-corrected chi connectivity index (χ2v) is 14.0. The molecule has 0 saturated heterocycles. The Morgan fingerprint density at radius 2 is 1.16 bits per heavy atom. The monoisotopic (exact) mass is 649 g/mol. The van der Waals surface area contributed by atoms with Crippen LogP contribution in [0.2, 0.25) is 0 Å². The normalized spacial score (nSPS) is 13.1. The average molecular weight is 650 g/mol. The number of phenolic OH excluding ortho intramolecular Hbond substituents is 1. The third-order valence-electron chi connectivity index (χ3n) is 10.3. The van der Waals surface area contributed by atoms with E-state index in [0.29, 0.717) is 23.8 Å². The molecular formula is C44H47N3O2. The Hall–Kier alpha value is -4.77. The molecule has 7 rings (SSSR count). The highest BCUT2D eigenvalue weighted by atomic mass is 16.5. The third-order valence-corrected chi connectivity index (χ3v) is 10.3. The van der Waals surface area contributed by atoms with Gasteiger partial charge in [-0.25, -0.2) is 4.98 Å². The number of benzene rings is 5. The lowest BCUT2D eigenvalue weighted by molar-refractivity contribution is 0.281. The fourth-order valence-corrected chi connectivity index (χ4v) is 7.61. The first-order valence-corrected chi connectivity index (χ1v) is 18.2. The van der Waals surface area contributed by atoms with Crippen molar-refractivity contribution in [2.75, 3.05) is 6.61 Å². The van der Waals surface area contributed by atoms with Crippen molar-refractivity contribution in [2.24, 2.45) is 0 Å². The third kappa shape index (κ3) is 6.51. The predicted molar refractivity (Wildman–Crippen MR) is 202 cm³/mol. The molecule has 250 valence electrons. The van der Waals surface area contributed by atoms with Crippen LogP contribution in [0.5, 0.6) is 11.8 Å². The fourth-order valence-electron chi connectivity index (χ4n) is 7.61. The Kier molecular flexibility index (Phi) is 9.61. The summed E-state index contributed by atoms with van der Waals surface area (Å²) in [6.07, 6.45) is 12.6. The molecule has 1 heterocycles. The van der Waals surface area contributed by atoms with E-state index in [2.05, 4.69) is 87.5 Å². The predicted octanol–water partition coefficient (Wildman–Crippen LogP) is 11.8. The van der Waals surface area contributed by atoms with Crippen molar-refractivity contribution in [3.05, 3.63) is 102 Å². The zero-order valence-electron chi connectivity index (χ0n) is 29.1. The highest BCUT2D eigenvalue weighted by Crippen LogP contribution is 2.55. The van der Waals surface area contributed by atoms with Gasteiger partial charge in [-0.3, -0.25) is 0 Å². The molecule has 6 aromatic rings. The molecular weight excluding hydrogens is 603 g/mol. The molecule has 0 fully saturated rings. The Balaban J connectivity index is 1.23. The standard InChI is InChI=1S/C44H47N3O2/c1-4-5-6-7-8-9-10-11-12-19-28-49-43-46-41(34-24-17-18-25-38(34)48)45-42(47-43)35-29-37-40(33-23-16-15-22-32(33)35)39-31-21-14-13-20-30(31)26-27-36(39)44(37,2)3/h13-18,20-27,29,48H,4-12,19,28H2,1-3H3. The number of unbranched alkanes of at least 4 members (excludes halogenated alkanes) is 9. The largest absolute Gasteiger partial charge is 0.507 e. The highest BCUT2D eigenvalue weighted by Gasteiger charge is 2.38. The van der Waals surface area contributed by atoms with Gasteiger partial charge in [0.2, 0.25) is 0 Å². The van der Waals surface area contributed by atoms with Gasteiger partial charge >= 0.3 is 6.01 Å². The van der Waals surface area contributed by atoms with Crippen molar-refractivity contribution in [1.29, 1.82) is 0 Å². The first kappa shape index (κ1) is 32.8. The number of ether oxygens (including phenoxy) is 1. The van der Waals surface area contributed by atoms with Gasteiger partial charge in [0.25, 0.3) is 0 Å². The van der Waals surface area contributed by atoms with Gasteiger partial charge in [-0.1, -0.05) is 151 Å². The molecule has 1 aliphatic carbocycles. The zero-order chi connectivity index (χ0) is 33.8. The molecule has 49 heavy (non-hydrogen) atoms. The molecule has 0 radical (unpaired) electrons. The van der Waals surface area contributed by atoms with E-state index in [1.807, 2.05) is 12.1 Å². The van der Waals surface area contributed by atoms with Gasteiger partial charge < -0.3 is 9.84 Å². The summed E-state index contributed by atoms with van der Waals surface area (Å²) in [4.78, 5) is 14.7. The summed E-state index contributed by atoms with van der Waals surface area (Å²) in [5, 5.41) is 15.6. The van der Waals surface area contributed by atoms with E-state index in [-0.39, 0.29) is 17.2 Å². The van der Waals surface area contributed by atoms with Crippen LogP contribution in [-0.2, 0) is 5.41 Å². The van der Waals surface area contributed by atoms with Gasteiger partial charge in [-0.15, -0.1) is 0 Å². The Labute approximate surface area is 290 Å². The molecule has 0 spiro atoms. The number of aromatic hydroxyl groups is 1. The second-order valence-electron chi connectivity index (χ2n) is 14.0. The number of nitrogens with zero attached hydrogens (tertiary/aromatic N) is 3. The highest BCUT2D eigenvalue weighted by molar-refractivity contribution is 6.14. The molecule has 0 bridgehead atoms. The van der Waals surface area contributed by atoms with Crippen molar-refractivity contribution in [3.8, 4) is 45.7 Å². The number of fused-ring (bicyclic) bond motifs is 7. The molecule has 5 nitrogen and oxygen atoms in total. The van der Waals surface area contributed by atoms with Crippen LogP contribution in [0.3, 0.4) is 0 Å². The summed E-state index contributed by atoms with van der Waals surface area (Å²) in [6.45, 7) is 7.43. The van der Waals surface area contributed by atoms with E-state index in [9.17, 15) is 5.11 Å². The molecule has 0 amide bonds. The molecule has 5 heteroatoms. The molecule has 1 aromatic heterocycles. The van der Waals surface area contributed by atoms with Crippen LogP contribution in [0, 0.1) is 0 Å². The van der Waals surface area contributed by atoms with Crippen LogP contribution in [0.4, 0.5) is 0 Å². The molecule has 0 saturated carbocycles. The number of aromatic nitrogens is 3. The maximum Gasteiger partial charge on any atom is 0.320 e. The van der Waals surface area contributed by atoms with Crippen LogP contribution in [0.1, 0.15) is 96.1 Å². The Bertz CT molecular complexity index is 2100. The van der Waals surface area contributed by atoms with E-state index in [1.54, 1.807) is 12.1 Å². The van der Waals surface area contributed by atoms with Crippen molar-refractivity contribution >= 4 is 21.5 Å². The van der Waals surface area contributed by atoms with Gasteiger partial charge in [0, 0.05) is 11.0 Å². The van der Waals surface area contributed by atoms with Gasteiger partial charge in [0.15, 0.2) is 11.6 Å². The van der Waals surface area contributed by atoms with Gasteiger partial charge in [-0.2, -0.15) is 9.97 Å². The number of hydrogen-bond donors (Lipinski definition) is 1. The number of rotatable bonds is 14. The Morgan fingerprint density at radius 1 is 0.571 bits per heavy atom. The van der Waals surface area contributed by atoms with E-state index < -0.39 is 0 Å². The summed E-state index contributed by atoms with van der Waals surface area (Å²) in [7, 11) is 0. The van der Waals surface area contributed by atoms with E-state index in [1.165, 1.54) is 89.8 Å². The lowest BCUT2D eigenvalue weighted by Crippen LogP contribution is -2.15. The summed E-state index contributed by atoms with van der Waals surface area (Å²) >= 11 is 0. The summed E-state index contributed by atoms with van der Waals surface area (Å²) in [5.74, 6) is 1.07. The maximum absolute atomic E-state index is 10.8. The summed E-state index contributed by atoms with van der Waals surface area (Å²) < 4.78 is 6.24. The minimum atomic E-state index is -0.226. The molecule has 5 aromatic carbocycles. The van der Waals surface area contributed by atoms with Crippen molar-refractivity contribution in [1.82, 2.24) is 15.0 Å². The summed E-state index contributed by atoms with van der Waals surface area (Å²) in [6, 6.07) is 31.6. The van der Waals surface area contributed by atoms with Gasteiger partial charge in [0.1, 0.15) is 5.75 Å². The fraction of sp³-hybridized carbons (Fsp3) is 0.341. The Morgan fingerprint density at radius 3 is 1.90 bits per heavy atom. The van der Waals surface area contributed by atoms with Crippen molar-refractivity contribution in [2.45, 2.75) is 90.4 Å². The van der Waals surface area contributed by atoms with Crippen LogP contribution in [0.25, 0.3) is 55.4 Å². The summed E-state index contributed by atoms with van der Waals surface area (Å²) in [5.41, 5.74) is 6.44. The quantitative estimate of drug-likeness (QED) is 0.119. The maximum atomic E-state index is 10.8. The van der Waals surface area contributed by atoms with Crippen LogP contribution < -0.4 is 4.74 Å². The van der Waals surface area contributed by atoms with Crippen molar-refractivity contribution in [3.63, 3.8) is 0 Å². The molecule has 1 N–H and O–H groups in total. The minimum absolute atomic E-state index is 0.127. The molecule has 1 aliphatic rings. The second kappa shape index (κ2) is 14.4. The van der Waals surface area contributed by atoms with E-state index >= 15 is 0 Å². The van der Waals surface area contributed by atoms with Crippen LogP contribution in [-0.4, -0.2) is 26.7 Å². The first-order chi connectivity index (χ1) is 24.0. The number of phenols is 1. The SMILES string of the molecule is CCCCCCCCCCCCOc1nc(-c2ccccc2O)nc(-c2cc3c(c4ccccc24)-c2c(ccc4ccccc24)C3(C)C)n1. The van der Waals surface area contributed by atoms with Gasteiger partial charge in [0.05, 0.1) is 12.2 Å². The van der Waals surface area contributed by atoms with Crippen molar-refractivity contribution < 1.29 is 9.84 Å². The first-order valence-electron chi connectivity index (χ1n) is 18.2. The lowest BCUT2D eigenvalue weighted by Gasteiger charge is -2.23. The number of para-hydroxylation sites is 1. The van der Waals surface area contributed by atoms with E-state index in [0.717, 1.165) is 23.8 Å². The lowest BCUT2D eigenvalue weighted by atomic mass is 9.81. The molecule has 0 aliphatic heterocycles. The minimum Gasteiger partial charge on any atom is -0.507 e. The smallest absolute Gasteiger partial charge is 0.320 e. The zero-order valence-corrected chi connectivity index (χ0v) is 29.1. The van der Waals surface area contributed by atoms with E-state index in [4.69, 9.17) is 19.7 Å². The topological polar surface area (TPSA) is 68.1 Å².